The minimum Gasteiger partial charge on any atom is -0.331 e. The van der Waals surface area contributed by atoms with Gasteiger partial charge in [0.1, 0.15) is 11.2 Å². The van der Waals surface area contributed by atoms with Crippen molar-refractivity contribution < 1.29 is 13.2 Å². The van der Waals surface area contributed by atoms with Crippen LogP contribution in [0.15, 0.2) is 46.1 Å². The molecule has 1 saturated carbocycles. The number of fused-ring (bicyclic) bond motifs is 1. The van der Waals surface area contributed by atoms with Crippen molar-refractivity contribution >= 4 is 11.2 Å². The van der Waals surface area contributed by atoms with Gasteiger partial charge in [0.25, 0.3) is 5.56 Å². The number of halogens is 3. The third-order valence-electron chi connectivity index (χ3n) is 5.60. The Labute approximate surface area is 178 Å². The Morgan fingerprint density at radius 1 is 1.19 bits per heavy atom. The van der Waals surface area contributed by atoms with Gasteiger partial charge in [0.05, 0.1) is 12.1 Å². The van der Waals surface area contributed by atoms with E-state index in [1.54, 1.807) is 25.4 Å². The van der Waals surface area contributed by atoms with Crippen LogP contribution in [0.1, 0.15) is 24.0 Å². The third kappa shape index (κ3) is 3.63. The molecular weight excluding hydrogens is 425 g/mol. The molecule has 0 unspecified atom stereocenters. The standard InChI is InChI=1S/C21H19F3N6O2/c1-28-18-16(19(31)30(20(28)32)11-12-5-6-12)25-17(26-18)15-7-8-29(27-15)10-13-3-2-4-14(9-13)21(22,23)24/h2-4,7-9,12H,5-6,10-11H2,1H3,(H,25,26). The van der Waals surface area contributed by atoms with Gasteiger partial charge in [-0.2, -0.15) is 18.3 Å². The molecule has 4 aromatic rings. The molecule has 3 aromatic heterocycles. The monoisotopic (exact) mass is 444 g/mol. The second-order valence-electron chi connectivity index (χ2n) is 8.08. The first-order chi connectivity index (χ1) is 15.2. The van der Waals surface area contributed by atoms with E-state index < -0.39 is 23.0 Å². The molecule has 3 heterocycles. The van der Waals surface area contributed by atoms with E-state index in [-0.39, 0.29) is 17.7 Å². The Hall–Kier alpha value is -3.63. The Kier molecular flexibility index (Phi) is 4.57. The molecule has 1 fully saturated rings. The number of imidazole rings is 1. The van der Waals surface area contributed by atoms with Gasteiger partial charge in [-0.15, -0.1) is 0 Å². The topological polar surface area (TPSA) is 90.5 Å². The van der Waals surface area contributed by atoms with Crippen molar-refractivity contribution in [3.05, 3.63) is 68.5 Å². The van der Waals surface area contributed by atoms with Crippen molar-refractivity contribution in [2.45, 2.75) is 32.1 Å². The van der Waals surface area contributed by atoms with Crippen LogP contribution in [0.3, 0.4) is 0 Å². The normalized spacial score (nSPS) is 14.4. The molecule has 8 nitrogen and oxygen atoms in total. The predicted molar refractivity (Wildman–Crippen MR) is 110 cm³/mol. The van der Waals surface area contributed by atoms with E-state index in [1.165, 1.54) is 19.9 Å². The molecule has 166 valence electrons. The summed E-state index contributed by atoms with van der Waals surface area (Å²) in [5, 5.41) is 4.37. The highest BCUT2D eigenvalue weighted by Gasteiger charge is 2.30. The number of aryl methyl sites for hydroxylation is 1. The Morgan fingerprint density at radius 3 is 2.69 bits per heavy atom. The number of hydrogen-bond acceptors (Lipinski definition) is 4. The highest BCUT2D eigenvalue weighted by atomic mass is 19.4. The van der Waals surface area contributed by atoms with Gasteiger partial charge < -0.3 is 4.98 Å². The van der Waals surface area contributed by atoms with Crippen molar-refractivity contribution in [1.29, 1.82) is 0 Å². The first-order valence-corrected chi connectivity index (χ1v) is 10.1. The number of aromatic nitrogens is 6. The number of nitrogens with one attached hydrogen (secondary N) is 1. The van der Waals surface area contributed by atoms with Crippen LogP contribution in [0.4, 0.5) is 13.2 Å². The smallest absolute Gasteiger partial charge is 0.331 e. The summed E-state index contributed by atoms with van der Waals surface area (Å²) in [4.78, 5) is 32.8. The molecule has 0 aliphatic heterocycles. The lowest BCUT2D eigenvalue weighted by Gasteiger charge is -2.08. The van der Waals surface area contributed by atoms with E-state index in [0.717, 1.165) is 25.0 Å². The lowest BCUT2D eigenvalue weighted by atomic mass is 10.1. The van der Waals surface area contributed by atoms with Gasteiger partial charge in [0.2, 0.25) is 0 Å². The lowest BCUT2D eigenvalue weighted by molar-refractivity contribution is -0.137. The van der Waals surface area contributed by atoms with Crippen LogP contribution in [0.5, 0.6) is 0 Å². The van der Waals surface area contributed by atoms with Crippen LogP contribution < -0.4 is 11.2 Å². The molecule has 5 rings (SSSR count). The molecule has 0 spiro atoms. The van der Waals surface area contributed by atoms with E-state index in [9.17, 15) is 22.8 Å². The van der Waals surface area contributed by atoms with E-state index in [2.05, 4.69) is 15.1 Å². The van der Waals surface area contributed by atoms with Crippen LogP contribution in [0, 0.1) is 5.92 Å². The summed E-state index contributed by atoms with van der Waals surface area (Å²) in [5.41, 5.74) is -0.245. The van der Waals surface area contributed by atoms with Crippen LogP contribution in [0.2, 0.25) is 0 Å². The number of benzene rings is 1. The molecular formula is C21H19F3N6O2. The SMILES string of the molecule is Cn1c(=O)n(CC2CC2)c(=O)c2[nH]c(-c3ccn(Cc4cccc(C(F)(F)F)c4)n3)nc21. The fourth-order valence-corrected chi connectivity index (χ4v) is 3.70. The number of hydrogen-bond donors (Lipinski definition) is 1. The van der Waals surface area contributed by atoms with Gasteiger partial charge in [-0.1, -0.05) is 12.1 Å². The highest BCUT2D eigenvalue weighted by molar-refractivity contribution is 5.74. The molecule has 0 atom stereocenters. The van der Waals surface area contributed by atoms with E-state index in [1.807, 2.05) is 0 Å². The minimum absolute atomic E-state index is 0.136. The number of H-pyrrole nitrogens is 1. The molecule has 1 aromatic carbocycles. The summed E-state index contributed by atoms with van der Waals surface area (Å²) in [6, 6.07) is 6.70. The second kappa shape index (κ2) is 7.21. The predicted octanol–water partition coefficient (Wildman–Crippen LogP) is 2.76. The quantitative estimate of drug-likeness (QED) is 0.513. The summed E-state index contributed by atoms with van der Waals surface area (Å²) in [5.74, 6) is 0.658. The number of nitrogens with zero attached hydrogens (tertiary/aromatic N) is 5. The maximum absolute atomic E-state index is 12.9. The number of rotatable bonds is 5. The fourth-order valence-electron chi connectivity index (χ4n) is 3.70. The number of alkyl halides is 3. The van der Waals surface area contributed by atoms with Gasteiger partial charge in [-0.3, -0.25) is 18.6 Å². The third-order valence-corrected chi connectivity index (χ3v) is 5.60. The molecule has 0 radical (unpaired) electrons. The highest BCUT2D eigenvalue weighted by Crippen LogP contribution is 2.30. The Bertz CT molecular complexity index is 1440. The Balaban J connectivity index is 1.47. The molecule has 11 heteroatoms. The fraction of sp³-hybridized carbons (Fsp3) is 0.333. The average molecular weight is 444 g/mol. The summed E-state index contributed by atoms with van der Waals surface area (Å²) in [6.45, 7) is 0.526. The van der Waals surface area contributed by atoms with Crippen molar-refractivity contribution in [2.75, 3.05) is 0 Å². The zero-order valence-electron chi connectivity index (χ0n) is 17.1. The van der Waals surface area contributed by atoms with Gasteiger partial charge in [0.15, 0.2) is 11.5 Å². The van der Waals surface area contributed by atoms with Crippen LogP contribution in [-0.4, -0.2) is 28.9 Å². The molecule has 1 aliphatic carbocycles. The van der Waals surface area contributed by atoms with E-state index in [0.29, 0.717) is 29.5 Å². The van der Waals surface area contributed by atoms with Gasteiger partial charge >= 0.3 is 11.9 Å². The minimum atomic E-state index is -4.41. The second-order valence-corrected chi connectivity index (χ2v) is 8.08. The average Bonchev–Trinajstić information content (AvgIpc) is 3.26. The van der Waals surface area contributed by atoms with Gasteiger partial charge in [-0.05, 0) is 42.5 Å². The van der Waals surface area contributed by atoms with Crippen LogP contribution >= 0.6 is 0 Å². The maximum atomic E-state index is 12.9. The lowest BCUT2D eigenvalue weighted by Crippen LogP contribution is -2.39. The zero-order chi connectivity index (χ0) is 22.6. The molecule has 0 saturated heterocycles. The van der Waals surface area contributed by atoms with E-state index >= 15 is 0 Å². The summed E-state index contributed by atoms with van der Waals surface area (Å²) in [7, 11) is 1.56. The van der Waals surface area contributed by atoms with Crippen LogP contribution in [-0.2, 0) is 26.3 Å². The van der Waals surface area contributed by atoms with Gasteiger partial charge in [0, 0.05) is 19.8 Å². The van der Waals surface area contributed by atoms with Gasteiger partial charge in [-0.25, -0.2) is 9.78 Å². The maximum Gasteiger partial charge on any atom is 0.416 e. The van der Waals surface area contributed by atoms with Crippen molar-refractivity contribution in [1.82, 2.24) is 28.9 Å². The largest absolute Gasteiger partial charge is 0.416 e. The first-order valence-electron chi connectivity index (χ1n) is 10.1. The molecule has 1 aliphatic rings. The molecule has 1 N–H and O–H groups in total. The van der Waals surface area contributed by atoms with Crippen LogP contribution in [0.25, 0.3) is 22.7 Å². The summed E-state index contributed by atoms with van der Waals surface area (Å²) >= 11 is 0. The van der Waals surface area contributed by atoms with E-state index in [4.69, 9.17) is 0 Å². The Morgan fingerprint density at radius 2 is 1.97 bits per heavy atom. The first kappa shape index (κ1) is 20.3. The summed E-state index contributed by atoms with van der Waals surface area (Å²) in [6.07, 6.45) is -0.786. The molecule has 32 heavy (non-hydrogen) atoms. The molecule has 0 bridgehead atoms. The number of aromatic amines is 1. The van der Waals surface area contributed by atoms with Crippen molar-refractivity contribution in [3.8, 4) is 11.5 Å². The van der Waals surface area contributed by atoms with Crippen molar-refractivity contribution in [2.24, 2.45) is 13.0 Å². The molecule has 0 amide bonds. The van der Waals surface area contributed by atoms with Crippen molar-refractivity contribution in [3.63, 3.8) is 0 Å². The zero-order valence-corrected chi connectivity index (χ0v) is 17.1. The summed E-state index contributed by atoms with van der Waals surface area (Å²) < 4.78 is 42.9.